The molecule has 0 saturated carbocycles. The SMILES string of the molecule is Nc1ncc(-c2cccc(C[SH](=O)=O)c2)cc1-c1nc2ccccc2o1. The second-order valence-corrected chi connectivity index (χ2v) is 6.82. The van der Waals surface area contributed by atoms with E-state index in [1.165, 1.54) is 0 Å². The van der Waals surface area contributed by atoms with E-state index in [0.717, 1.165) is 22.2 Å². The molecule has 4 rings (SSSR count). The molecule has 0 aliphatic rings. The minimum atomic E-state index is -2.48. The number of hydrogen-bond donors (Lipinski definition) is 2. The molecule has 2 N–H and O–H groups in total. The fraction of sp³-hybridized carbons (Fsp3) is 0.0526. The number of nitrogen functional groups attached to an aromatic ring is 1. The molecule has 0 unspecified atom stereocenters. The highest BCUT2D eigenvalue weighted by molar-refractivity contribution is 7.71. The van der Waals surface area contributed by atoms with Crippen LogP contribution < -0.4 is 5.73 Å². The lowest BCUT2D eigenvalue weighted by atomic mass is 10.0. The molecule has 0 aliphatic carbocycles. The Hall–Kier alpha value is -3.19. The van der Waals surface area contributed by atoms with E-state index in [4.69, 9.17) is 10.2 Å². The van der Waals surface area contributed by atoms with Crippen LogP contribution in [0.15, 0.2) is 65.2 Å². The molecule has 2 aromatic carbocycles. The molecule has 130 valence electrons. The van der Waals surface area contributed by atoms with Gasteiger partial charge in [-0.15, -0.1) is 0 Å². The molecule has 7 heteroatoms. The number of rotatable bonds is 4. The number of nitrogens with zero attached hydrogens (tertiary/aromatic N) is 2. The summed E-state index contributed by atoms with van der Waals surface area (Å²) < 4.78 is 27.7. The zero-order valence-corrected chi connectivity index (χ0v) is 14.5. The quantitative estimate of drug-likeness (QED) is 0.539. The molecule has 6 nitrogen and oxygen atoms in total. The Balaban J connectivity index is 1.79. The fourth-order valence-electron chi connectivity index (χ4n) is 2.79. The normalized spacial score (nSPS) is 11.3. The van der Waals surface area contributed by atoms with Crippen LogP contribution in [0, 0.1) is 0 Å². The van der Waals surface area contributed by atoms with Crippen molar-refractivity contribution in [3.8, 4) is 22.6 Å². The lowest BCUT2D eigenvalue weighted by Gasteiger charge is -2.07. The highest BCUT2D eigenvalue weighted by Crippen LogP contribution is 2.31. The summed E-state index contributed by atoms with van der Waals surface area (Å²) in [6.07, 6.45) is 1.65. The second kappa shape index (κ2) is 6.61. The van der Waals surface area contributed by atoms with Crippen molar-refractivity contribution in [3.63, 3.8) is 0 Å². The molecule has 0 atom stereocenters. The smallest absolute Gasteiger partial charge is 0.231 e. The fourth-order valence-corrected chi connectivity index (χ4v) is 3.29. The Morgan fingerprint density at radius 1 is 1.00 bits per heavy atom. The molecule has 26 heavy (non-hydrogen) atoms. The summed E-state index contributed by atoms with van der Waals surface area (Å²) in [6.45, 7) is 0. The van der Waals surface area contributed by atoms with E-state index in [9.17, 15) is 8.42 Å². The highest BCUT2D eigenvalue weighted by atomic mass is 32.2. The molecule has 0 aliphatic heterocycles. The van der Waals surface area contributed by atoms with Crippen molar-refractivity contribution in [2.75, 3.05) is 5.73 Å². The van der Waals surface area contributed by atoms with E-state index in [1.54, 1.807) is 12.3 Å². The third-order valence-electron chi connectivity index (χ3n) is 4.01. The van der Waals surface area contributed by atoms with E-state index in [0.29, 0.717) is 22.9 Å². The Kier molecular flexibility index (Phi) is 4.14. The molecule has 2 aromatic heterocycles. The summed E-state index contributed by atoms with van der Waals surface area (Å²) in [4.78, 5) is 8.72. The maximum Gasteiger partial charge on any atom is 0.231 e. The monoisotopic (exact) mass is 365 g/mol. The lowest BCUT2D eigenvalue weighted by Crippen LogP contribution is -1.95. The van der Waals surface area contributed by atoms with Gasteiger partial charge in [0.15, 0.2) is 5.58 Å². The molecule has 0 spiro atoms. The van der Waals surface area contributed by atoms with Crippen molar-refractivity contribution in [1.29, 1.82) is 0 Å². The first-order chi connectivity index (χ1) is 12.6. The van der Waals surface area contributed by atoms with Crippen molar-refractivity contribution < 1.29 is 12.8 Å². The topological polar surface area (TPSA) is 99.1 Å². The van der Waals surface area contributed by atoms with Crippen LogP contribution in [0.5, 0.6) is 0 Å². The average molecular weight is 365 g/mol. The van der Waals surface area contributed by atoms with Gasteiger partial charge in [-0.05, 0) is 29.3 Å². The van der Waals surface area contributed by atoms with Crippen molar-refractivity contribution >= 4 is 27.6 Å². The molecule has 2 heterocycles. The summed E-state index contributed by atoms with van der Waals surface area (Å²) in [5.74, 6) is 0.722. The summed E-state index contributed by atoms with van der Waals surface area (Å²) in [5.41, 5.74) is 10.4. The molecule has 0 bridgehead atoms. The summed E-state index contributed by atoms with van der Waals surface area (Å²) in [5, 5.41) is 0. The van der Waals surface area contributed by atoms with Crippen molar-refractivity contribution in [2.24, 2.45) is 0 Å². The van der Waals surface area contributed by atoms with Gasteiger partial charge in [-0.3, -0.25) is 0 Å². The number of benzene rings is 2. The minimum absolute atomic E-state index is 0.00353. The Bertz CT molecular complexity index is 1140. The van der Waals surface area contributed by atoms with E-state index >= 15 is 0 Å². The predicted molar refractivity (Wildman–Crippen MR) is 101 cm³/mol. The van der Waals surface area contributed by atoms with Crippen molar-refractivity contribution in [3.05, 3.63) is 66.4 Å². The third-order valence-corrected chi connectivity index (χ3v) is 4.64. The average Bonchev–Trinajstić information content (AvgIpc) is 3.05. The first-order valence-electron chi connectivity index (χ1n) is 7.93. The molecule has 0 radical (unpaired) electrons. The summed E-state index contributed by atoms with van der Waals surface area (Å²) in [6, 6.07) is 16.6. The minimum Gasteiger partial charge on any atom is -0.436 e. The third kappa shape index (κ3) is 3.16. The number of thiol groups is 1. The van der Waals surface area contributed by atoms with Gasteiger partial charge in [-0.25, -0.2) is 18.4 Å². The van der Waals surface area contributed by atoms with Crippen molar-refractivity contribution in [1.82, 2.24) is 9.97 Å². The number of anilines is 1. The van der Waals surface area contributed by atoms with Crippen LogP contribution >= 0.6 is 0 Å². The number of oxazole rings is 1. The van der Waals surface area contributed by atoms with Gasteiger partial charge in [0.25, 0.3) is 0 Å². The zero-order valence-electron chi connectivity index (χ0n) is 13.6. The Morgan fingerprint density at radius 2 is 1.85 bits per heavy atom. The van der Waals surface area contributed by atoms with Gasteiger partial charge in [0, 0.05) is 11.8 Å². The van der Waals surface area contributed by atoms with Gasteiger partial charge in [0.2, 0.25) is 5.89 Å². The lowest BCUT2D eigenvalue weighted by molar-refractivity contribution is 0.614. The van der Waals surface area contributed by atoms with Crippen LogP contribution in [0.3, 0.4) is 0 Å². The summed E-state index contributed by atoms with van der Waals surface area (Å²) in [7, 11) is -2.48. The molecule has 0 saturated heterocycles. The van der Waals surface area contributed by atoms with E-state index < -0.39 is 10.7 Å². The van der Waals surface area contributed by atoms with Gasteiger partial charge in [0.05, 0.1) is 11.3 Å². The van der Waals surface area contributed by atoms with Crippen LogP contribution in [0.1, 0.15) is 5.56 Å². The van der Waals surface area contributed by atoms with Gasteiger partial charge in [-0.2, -0.15) is 0 Å². The number of nitrogens with two attached hydrogens (primary N) is 1. The van der Waals surface area contributed by atoms with Gasteiger partial charge in [0.1, 0.15) is 22.0 Å². The first-order valence-corrected chi connectivity index (χ1v) is 9.29. The van der Waals surface area contributed by atoms with Crippen LogP contribution in [0.4, 0.5) is 5.82 Å². The zero-order chi connectivity index (χ0) is 18.1. The largest absolute Gasteiger partial charge is 0.436 e. The van der Waals surface area contributed by atoms with Crippen LogP contribution in [-0.2, 0) is 16.5 Å². The van der Waals surface area contributed by atoms with Gasteiger partial charge in [-0.1, -0.05) is 36.4 Å². The molecule has 0 fully saturated rings. The van der Waals surface area contributed by atoms with Gasteiger partial charge < -0.3 is 10.2 Å². The number of pyridine rings is 1. The first kappa shape index (κ1) is 16.3. The number of aromatic nitrogens is 2. The second-order valence-electron chi connectivity index (χ2n) is 5.83. The molecule has 0 amide bonds. The molecule has 4 aromatic rings. The maximum absolute atomic E-state index is 11.0. The van der Waals surface area contributed by atoms with Crippen LogP contribution in [0.2, 0.25) is 0 Å². The number of hydrogen-bond acceptors (Lipinski definition) is 6. The predicted octanol–water partition coefficient (Wildman–Crippen LogP) is 3.25. The van der Waals surface area contributed by atoms with Crippen LogP contribution in [-0.4, -0.2) is 18.4 Å². The molecular formula is C19H15N3O3S. The highest BCUT2D eigenvalue weighted by Gasteiger charge is 2.13. The van der Waals surface area contributed by atoms with E-state index in [-0.39, 0.29) is 5.75 Å². The van der Waals surface area contributed by atoms with E-state index in [2.05, 4.69) is 9.97 Å². The summed E-state index contributed by atoms with van der Waals surface area (Å²) >= 11 is 0. The van der Waals surface area contributed by atoms with Crippen molar-refractivity contribution in [2.45, 2.75) is 5.75 Å². The van der Waals surface area contributed by atoms with Gasteiger partial charge >= 0.3 is 0 Å². The molecular weight excluding hydrogens is 350 g/mol. The van der Waals surface area contributed by atoms with Crippen LogP contribution in [0.25, 0.3) is 33.7 Å². The van der Waals surface area contributed by atoms with E-state index in [1.807, 2.05) is 48.5 Å². The standard InChI is InChI=1S/C19H15N3O3S/c20-18-15(19-22-16-6-1-2-7-17(16)25-19)9-14(10-21-18)13-5-3-4-12(8-13)11-26(23)24/h1-10,26H,11H2,(H2,20,21). The number of fused-ring (bicyclic) bond motifs is 1. The maximum atomic E-state index is 11.0. The Labute approximate surface area is 151 Å². The Morgan fingerprint density at radius 3 is 2.65 bits per heavy atom. The number of para-hydroxylation sites is 2.